The van der Waals surface area contributed by atoms with Gasteiger partial charge in [-0.05, 0) is 47.5 Å². The normalized spacial score (nSPS) is 11.5. The Balaban J connectivity index is 2.37. The van der Waals surface area contributed by atoms with Gasteiger partial charge in [0.25, 0.3) is 0 Å². The lowest BCUT2D eigenvalue weighted by molar-refractivity contribution is -0.137. The lowest BCUT2D eigenvalue weighted by Gasteiger charge is -2.13. The highest BCUT2D eigenvalue weighted by atomic mass is 79.9. The molecule has 0 aliphatic heterocycles. The summed E-state index contributed by atoms with van der Waals surface area (Å²) in [7, 11) is 0. The molecule has 1 aromatic carbocycles. The molecule has 20 heavy (non-hydrogen) atoms. The monoisotopic (exact) mass is 345 g/mol. The highest BCUT2D eigenvalue weighted by molar-refractivity contribution is 9.10. The van der Waals surface area contributed by atoms with Crippen LogP contribution in [0.3, 0.4) is 0 Å². The minimum Gasteiger partial charge on any atom is -0.340 e. The van der Waals surface area contributed by atoms with Crippen LogP contribution in [0.5, 0.6) is 0 Å². The van der Waals surface area contributed by atoms with Gasteiger partial charge in [0.1, 0.15) is 16.2 Å². The topological polar surface area (TPSA) is 37.8 Å². The molecule has 1 N–H and O–H groups in total. The Morgan fingerprint density at radius 3 is 2.40 bits per heavy atom. The van der Waals surface area contributed by atoms with Gasteiger partial charge < -0.3 is 5.32 Å². The smallest absolute Gasteiger partial charge is 0.340 e. The van der Waals surface area contributed by atoms with E-state index in [-0.39, 0.29) is 0 Å². The van der Waals surface area contributed by atoms with Crippen LogP contribution in [0.25, 0.3) is 0 Å². The molecule has 0 bridgehead atoms. The molecule has 3 nitrogen and oxygen atoms in total. The van der Waals surface area contributed by atoms with Crippen LogP contribution in [0.4, 0.5) is 24.7 Å². The lowest BCUT2D eigenvalue weighted by Crippen LogP contribution is -2.06. The average Bonchev–Trinajstić information content (AvgIpc) is 2.29. The maximum absolute atomic E-state index is 12.7. The summed E-state index contributed by atoms with van der Waals surface area (Å²) in [6.07, 6.45) is -4.37. The standard InChI is InChI=1S/C13H11BrF3N3/c1-7-3-4-9(13(15,16)17)5-10(7)20-12-6-11(14)18-8(2)19-12/h3-6H,1-2H3,(H,18,19,20). The SMILES string of the molecule is Cc1nc(Br)cc(Nc2cc(C(F)(F)F)ccc2C)n1. The molecule has 0 atom stereocenters. The zero-order chi connectivity index (χ0) is 14.9. The minimum absolute atomic E-state index is 0.366. The van der Waals surface area contributed by atoms with E-state index in [1.54, 1.807) is 19.9 Å². The van der Waals surface area contributed by atoms with Crippen LogP contribution in [0.2, 0.25) is 0 Å². The number of aromatic nitrogens is 2. The van der Waals surface area contributed by atoms with Crippen LogP contribution in [-0.2, 0) is 6.18 Å². The Labute approximate surface area is 122 Å². The number of alkyl halides is 3. The van der Waals surface area contributed by atoms with Crippen molar-refractivity contribution in [3.05, 3.63) is 45.8 Å². The molecule has 0 saturated heterocycles. The first kappa shape index (κ1) is 14.8. The minimum atomic E-state index is -4.37. The van der Waals surface area contributed by atoms with Crippen LogP contribution in [0, 0.1) is 13.8 Å². The zero-order valence-electron chi connectivity index (χ0n) is 10.7. The Morgan fingerprint density at radius 2 is 1.80 bits per heavy atom. The van der Waals surface area contributed by atoms with Crippen molar-refractivity contribution < 1.29 is 13.2 Å². The Kier molecular flexibility index (Phi) is 3.99. The molecule has 7 heteroatoms. The summed E-state index contributed by atoms with van der Waals surface area (Å²) in [5.74, 6) is 0.957. The predicted octanol–water partition coefficient (Wildman–Crippen LogP) is 4.62. The van der Waals surface area contributed by atoms with E-state index in [1.165, 1.54) is 6.07 Å². The molecule has 0 spiro atoms. The first-order valence-electron chi connectivity index (χ1n) is 5.72. The number of benzene rings is 1. The maximum Gasteiger partial charge on any atom is 0.416 e. The summed E-state index contributed by atoms with van der Waals surface area (Å²) < 4.78 is 38.7. The van der Waals surface area contributed by atoms with Crippen molar-refractivity contribution >= 4 is 27.4 Å². The number of halogens is 4. The molecule has 0 fully saturated rings. The lowest BCUT2D eigenvalue weighted by atomic mass is 10.1. The number of hydrogen-bond donors (Lipinski definition) is 1. The van der Waals surface area contributed by atoms with Crippen LogP contribution in [0.15, 0.2) is 28.9 Å². The quantitative estimate of drug-likeness (QED) is 0.807. The maximum atomic E-state index is 12.7. The van der Waals surface area contributed by atoms with Gasteiger partial charge in [0.15, 0.2) is 0 Å². The van der Waals surface area contributed by atoms with Crippen molar-refractivity contribution in [3.63, 3.8) is 0 Å². The Morgan fingerprint density at radius 1 is 1.10 bits per heavy atom. The van der Waals surface area contributed by atoms with E-state index >= 15 is 0 Å². The molecule has 2 rings (SSSR count). The summed E-state index contributed by atoms with van der Waals surface area (Å²) in [6.45, 7) is 3.43. The van der Waals surface area contributed by atoms with Crippen molar-refractivity contribution in [2.75, 3.05) is 5.32 Å². The van der Waals surface area contributed by atoms with Crippen LogP contribution in [-0.4, -0.2) is 9.97 Å². The van der Waals surface area contributed by atoms with Gasteiger partial charge in [-0.3, -0.25) is 0 Å². The molecule has 2 aromatic rings. The fourth-order valence-electron chi connectivity index (χ4n) is 1.67. The number of aryl methyl sites for hydroxylation is 2. The third-order valence-electron chi connectivity index (χ3n) is 2.63. The van der Waals surface area contributed by atoms with Crippen LogP contribution < -0.4 is 5.32 Å². The molecule has 0 unspecified atom stereocenters. The van der Waals surface area contributed by atoms with Gasteiger partial charge in [0.05, 0.1) is 5.56 Å². The van der Waals surface area contributed by atoms with E-state index in [0.717, 1.165) is 12.1 Å². The first-order valence-corrected chi connectivity index (χ1v) is 6.51. The van der Waals surface area contributed by atoms with E-state index in [1.807, 2.05) is 0 Å². The van der Waals surface area contributed by atoms with Gasteiger partial charge in [0.2, 0.25) is 0 Å². The van der Waals surface area contributed by atoms with Gasteiger partial charge in [-0.2, -0.15) is 13.2 Å². The number of rotatable bonds is 2. The molecule has 0 amide bonds. The van der Waals surface area contributed by atoms with Crippen molar-refractivity contribution in [2.24, 2.45) is 0 Å². The fraction of sp³-hybridized carbons (Fsp3) is 0.231. The van der Waals surface area contributed by atoms with E-state index in [4.69, 9.17) is 0 Å². The Bertz CT molecular complexity index is 621. The molecule has 0 saturated carbocycles. The van der Waals surface area contributed by atoms with Crippen molar-refractivity contribution in [1.29, 1.82) is 0 Å². The van der Waals surface area contributed by atoms with Crippen molar-refractivity contribution in [2.45, 2.75) is 20.0 Å². The van der Waals surface area contributed by atoms with E-state index in [0.29, 0.717) is 27.5 Å². The number of nitrogens with one attached hydrogen (secondary N) is 1. The molecule has 0 aliphatic rings. The van der Waals surface area contributed by atoms with Crippen LogP contribution in [0.1, 0.15) is 17.0 Å². The van der Waals surface area contributed by atoms with E-state index in [9.17, 15) is 13.2 Å². The summed E-state index contributed by atoms with van der Waals surface area (Å²) in [6, 6.07) is 5.16. The van der Waals surface area contributed by atoms with Gasteiger partial charge in [-0.1, -0.05) is 6.07 Å². The second-order valence-corrected chi connectivity index (χ2v) is 5.09. The third kappa shape index (κ3) is 3.47. The number of hydrogen-bond acceptors (Lipinski definition) is 3. The average molecular weight is 346 g/mol. The highest BCUT2D eigenvalue weighted by Crippen LogP contribution is 2.32. The summed E-state index contributed by atoms with van der Waals surface area (Å²) in [4.78, 5) is 8.17. The molecule has 1 aromatic heterocycles. The molecule has 0 aliphatic carbocycles. The summed E-state index contributed by atoms with van der Waals surface area (Å²) in [5, 5.41) is 2.89. The second kappa shape index (κ2) is 5.40. The molecule has 106 valence electrons. The van der Waals surface area contributed by atoms with E-state index in [2.05, 4.69) is 31.2 Å². The van der Waals surface area contributed by atoms with Gasteiger partial charge in [-0.15, -0.1) is 0 Å². The zero-order valence-corrected chi connectivity index (χ0v) is 12.3. The third-order valence-corrected chi connectivity index (χ3v) is 3.04. The van der Waals surface area contributed by atoms with Crippen molar-refractivity contribution in [3.8, 4) is 0 Å². The van der Waals surface area contributed by atoms with Gasteiger partial charge >= 0.3 is 6.18 Å². The highest BCUT2D eigenvalue weighted by Gasteiger charge is 2.30. The van der Waals surface area contributed by atoms with Gasteiger partial charge in [-0.25, -0.2) is 9.97 Å². The van der Waals surface area contributed by atoms with E-state index < -0.39 is 11.7 Å². The Hall–Kier alpha value is -1.63. The second-order valence-electron chi connectivity index (χ2n) is 4.28. The summed E-state index contributed by atoms with van der Waals surface area (Å²) in [5.41, 5.74) is 0.366. The first-order chi connectivity index (χ1) is 9.25. The summed E-state index contributed by atoms with van der Waals surface area (Å²) >= 11 is 3.22. The molecular weight excluding hydrogens is 335 g/mol. The molecule has 0 radical (unpaired) electrons. The predicted molar refractivity (Wildman–Crippen MR) is 73.9 cm³/mol. The molecule has 1 heterocycles. The van der Waals surface area contributed by atoms with Crippen LogP contribution >= 0.6 is 15.9 Å². The van der Waals surface area contributed by atoms with Crippen molar-refractivity contribution in [1.82, 2.24) is 9.97 Å². The largest absolute Gasteiger partial charge is 0.416 e. The fourth-order valence-corrected chi connectivity index (χ4v) is 2.14. The van der Waals surface area contributed by atoms with Gasteiger partial charge in [0, 0.05) is 11.8 Å². The molecular formula is C13H11BrF3N3. The number of nitrogens with zero attached hydrogens (tertiary/aromatic N) is 2. The number of anilines is 2.